The van der Waals surface area contributed by atoms with Crippen LogP contribution in [0.2, 0.25) is 0 Å². The highest BCUT2D eigenvalue weighted by Gasteiger charge is 2.32. The summed E-state index contributed by atoms with van der Waals surface area (Å²) in [5.41, 5.74) is 3.90. The molecule has 0 bridgehead atoms. The average molecular weight is 404 g/mol. The van der Waals surface area contributed by atoms with Crippen molar-refractivity contribution in [1.82, 2.24) is 14.3 Å². The van der Waals surface area contributed by atoms with Gasteiger partial charge in [-0.2, -0.15) is 0 Å². The first kappa shape index (κ1) is 19.4. The second-order valence-electron chi connectivity index (χ2n) is 8.85. The van der Waals surface area contributed by atoms with E-state index in [9.17, 15) is 9.00 Å². The van der Waals surface area contributed by atoms with E-state index in [1.807, 2.05) is 25.8 Å². The van der Waals surface area contributed by atoms with Gasteiger partial charge < -0.3 is 9.30 Å². The second kappa shape index (κ2) is 6.84. The Kier molecular flexibility index (Phi) is 4.74. The number of imidazole rings is 1. The van der Waals surface area contributed by atoms with Gasteiger partial charge in [-0.15, -0.1) is 0 Å². The van der Waals surface area contributed by atoms with Gasteiger partial charge in [0, 0.05) is 38.4 Å². The predicted octanol–water partition coefficient (Wildman–Crippen LogP) is 2.98. The van der Waals surface area contributed by atoms with Crippen molar-refractivity contribution >= 4 is 28.4 Å². The van der Waals surface area contributed by atoms with Gasteiger partial charge in [0.1, 0.15) is 0 Å². The average Bonchev–Trinajstić information content (AvgIpc) is 3.30. The van der Waals surface area contributed by atoms with Crippen LogP contribution in [0.25, 0.3) is 5.65 Å². The van der Waals surface area contributed by atoms with Gasteiger partial charge >= 0.3 is 6.03 Å². The van der Waals surface area contributed by atoms with E-state index >= 15 is 0 Å². The quantitative estimate of drug-likeness (QED) is 0.805. The zero-order chi connectivity index (χ0) is 20.2. The van der Waals surface area contributed by atoms with Gasteiger partial charge in [-0.25, -0.2) is 14.0 Å². The minimum atomic E-state index is -1.40. The topological polar surface area (TPSA) is 83.9 Å². The molecule has 0 aromatic carbocycles. The second-order valence-corrected chi connectivity index (χ2v) is 10.5. The highest BCUT2D eigenvalue weighted by molar-refractivity contribution is 7.84. The van der Waals surface area contributed by atoms with Crippen molar-refractivity contribution in [2.45, 2.75) is 56.6 Å². The van der Waals surface area contributed by atoms with Crippen molar-refractivity contribution in [2.75, 3.05) is 25.0 Å². The molecule has 1 unspecified atom stereocenters. The van der Waals surface area contributed by atoms with Gasteiger partial charge in [0.2, 0.25) is 0 Å². The zero-order valence-electron chi connectivity index (χ0n) is 17.0. The number of pyridine rings is 1. The van der Waals surface area contributed by atoms with Crippen LogP contribution >= 0.6 is 0 Å². The van der Waals surface area contributed by atoms with Gasteiger partial charge in [0.25, 0.3) is 0 Å². The van der Waals surface area contributed by atoms with Crippen LogP contribution in [-0.4, -0.2) is 49.4 Å². The molecule has 0 spiro atoms. The Morgan fingerprint density at radius 3 is 2.61 bits per heavy atom. The molecule has 2 aliphatic rings. The lowest BCUT2D eigenvalue weighted by Crippen LogP contribution is -2.33. The molecule has 2 atom stereocenters. The number of anilines is 1. The maximum atomic E-state index is 12.6. The summed E-state index contributed by atoms with van der Waals surface area (Å²) < 4.78 is 13.4. The molecule has 1 aliphatic heterocycles. The first-order chi connectivity index (χ1) is 13.2. The summed E-state index contributed by atoms with van der Waals surface area (Å²) in [6.07, 6.45) is 7.28. The van der Waals surface area contributed by atoms with E-state index < -0.39 is 15.7 Å². The zero-order valence-corrected chi connectivity index (χ0v) is 17.8. The number of urea groups is 1. The van der Waals surface area contributed by atoms with Gasteiger partial charge in [0.05, 0.1) is 27.1 Å². The Bertz CT molecular complexity index is 949. The van der Waals surface area contributed by atoms with Crippen molar-refractivity contribution in [1.29, 1.82) is 0 Å². The Balaban J connectivity index is 1.74. The first-order valence-electron chi connectivity index (χ1n) is 9.89. The Labute approximate surface area is 168 Å². The van der Waals surface area contributed by atoms with Crippen molar-refractivity contribution in [3.63, 3.8) is 0 Å². The third-order valence-corrected chi connectivity index (χ3v) is 7.23. The fourth-order valence-electron chi connectivity index (χ4n) is 3.99. The molecule has 4 rings (SSSR count). The highest BCUT2D eigenvalue weighted by atomic mass is 32.2. The number of amides is 2. The monoisotopic (exact) mass is 403 g/mol. The SMILES string of the molecule is C[C@H](CC(C)(C)S(N)=O)c1cn2cc(C3CC3)cc(N3CCN(C)C3=O)c2n1. The van der Waals surface area contributed by atoms with Crippen LogP contribution in [0.4, 0.5) is 10.5 Å². The molecule has 28 heavy (non-hydrogen) atoms. The molecule has 7 nitrogen and oxygen atoms in total. The number of nitrogens with two attached hydrogens (primary N) is 1. The van der Waals surface area contributed by atoms with Gasteiger partial charge in [-0.3, -0.25) is 10.0 Å². The Hall–Kier alpha value is -1.93. The molecule has 2 amide bonds. The molecule has 1 saturated heterocycles. The summed E-state index contributed by atoms with van der Waals surface area (Å²) in [5, 5.41) is 5.66. The third kappa shape index (κ3) is 3.43. The number of hydrogen-bond acceptors (Lipinski definition) is 3. The summed E-state index contributed by atoms with van der Waals surface area (Å²) >= 11 is 0. The molecule has 2 aromatic rings. The number of likely N-dealkylation sites (N-methyl/N-ethyl adjacent to an activating group) is 1. The molecule has 8 heteroatoms. The van der Waals surface area contributed by atoms with Crippen LogP contribution in [0.1, 0.15) is 63.1 Å². The molecule has 0 radical (unpaired) electrons. The lowest BCUT2D eigenvalue weighted by atomic mass is 9.96. The smallest absolute Gasteiger partial charge is 0.324 e. The standard InChI is InChI=1S/C20H29N5O2S/c1-13(10-20(2,3)28(21)27)16-12-24-11-15(14-5-6-14)9-17(18(24)22-16)25-8-7-23(4)19(25)26/h9,11-14H,5-8,10,21H2,1-4H3/t13-,28?/m1/s1. The van der Waals surface area contributed by atoms with Crippen molar-refractivity contribution in [2.24, 2.45) is 5.14 Å². The van der Waals surface area contributed by atoms with E-state index in [1.54, 1.807) is 4.90 Å². The summed E-state index contributed by atoms with van der Waals surface area (Å²) in [6.45, 7) is 7.33. The highest BCUT2D eigenvalue weighted by Crippen LogP contribution is 2.42. The first-order valence-corrected chi connectivity index (χ1v) is 11.1. The van der Waals surface area contributed by atoms with Crippen LogP contribution in [-0.2, 0) is 11.0 Å². The van der Waals surface area contributed by atoms with Crippen LogP contribution < -0.4 is 10.0 Å². The van der Waals surface area contributed by atoms with Crippen molar-refractivity contribution < 1.29 is 9.00 Å². The summed E-state index contributed by atoms with van der Waals surface area (Å²) in [4.78, 5) is 21.1. The normalized spacial score (nSPS) is 20.2. The van der Waals surface area contributed by atoms with Gasteiger partial charge in [0.15, 0.2) is 5.65 Å². The molecule has 152 valence electrons. The van der Waals surface area contributed by atoms with E-state index in [1.165, 1.54) is 18.4 Å². The minimum absolute atomic E-state index is 0.0205. The van der Waals surface area contributed by atoms with Crippen LogP contribution in [0.5, 0.6) is 0 Å². The Morgan fingerprint density at radius 2 is 2.04 bits per heavy atom. The van der Waals surface area contributed by atoms with Crippen LogP contribution in [0.3, 0.4) is 0 Å². The number of hydrogen-bond donors (Lipinski definition) is 1. The maximum absolute atomic E-state index is 12.6. The predicted molar refractivity (Wildman–Crippen MR) is 112 cm³/mol. The van der Waals surface area contributed by atoms with Crippen molar-refractivity contribution in [3.05, 3.63) is 29.7 Å². The van der Waals surface area contributed by atoms with E-state index in [4.69, 9.17) is 10.1 Å². The summed E-state index contributed by atoms with van der Waals surface area (Å²) in [5.74, 6) is 0.692. The van der Waals surface area contributed by atoms with E-state index in [2.05, 4.69) is 29.8 Å². The number of rotatable bonds is 6. The lowest BCUT2D eigenvalue weighted by molar-refractivity contribution is 0.229. The van der Waals surface area contributed by atoms with Crippen LogP contribution in [0, 0.1) is 0 Å². The molecule has 1 aliphatic carbocycles. The fourth-order valence-corrected chi connectivity index (χ4v) is 4.41. The van der Waals surface area contributed by atoms with Crippen LogP contribution in [0.15, 0.2) is 18.5 Å². The number of aromatic nitrogens is 2. The third-order valence-electron chi connectivity index (χ3n) is 5.97. The number of nitrogens with zero attached hydrogens (tertiary/aromatic N) is 4. The lowest BCUT2D eigenvalue weighted by Gasteiger charge is -2.24. The Morgan fingerprint density at radius 1 is 1.32 bits per heavy atom. The molecular formula is C20H29N5O2S. The largest absolute Gasteiger partial charge is 0.326 e. The number of carbonyl (C=O) groups excluding carboxylic acids is 1. The van der Waals surface area contributed by atoms with E-state index in [-0.39, 0.29) is 11.9 Å². The summed E-state index contributed by atoms with van der Waals surface area (Å²) in [6, 6.07) is 2.16. The van der Waals surface area contributed by atoms with E-state index in [0.29, 0.717) is 18.9 Å². The molecule has 2 fully saturated rings. The van der Waals surface area contributed by atoms with E-state index in [0.717, 1.165) is 23.6 Å². The van der Waals surface area contributed by atoms with Gasteiger partial charge in [-0.1, -0.05) is 6.92 Å². The number of fused-ring (bicyclic) bond motifs is 1. The molecule has 2 aromatic heterocycles. The summed E-state index contributed by atoms with van der Waals surface area (Å²) in [7, 11) is 0.434. The molecule has 2 N–H and O–H groups in total. The maximum Gasteiger partial charge on any atom is 0.324 e. The molecule has 1 saturated carbocycles. The fraction of sp³-hybridized carbons (Fsp3) is 0.600. The van der Waals surface area contributed by atoms with Gasteiger partial charge in [-0.05, 0) is 50.7 Å². The minimum Gasteiger partial charge on any atom is -0.326 e. The van der Waals surface area contributed by atoms with Crippen molar-refractivity contribution in [3.8, 4) is 0 Å². The molecular weight excluding hydrogens is 374 g/mol. The number of carbonyl (C=O) groups is 1. The molecule has 3 heterocycles.